The minimum Gasteiger partial charge on any atom is -0.343 e. The fraction of sp³-hybridized carbons (Fsp3) is 0.111. The highest BCUT2D eigenvalue weighted by Crippen LogP contribution is 2.32. The van der Waals surface area contributed by atoms with Crippen LogP contribution in [0.15, 0.2) is 54.0 Å². The molecule has 3 aromatic rings. The number of nitrogens with zero attached hydrogens (tertiary/aromatic N) is 1. The van der Waals surface area contributed by atoms with Crippen LogP contribution in [0.5, 0.6) is 0 Å². The Labute approximate surface area is 147 Å². The maximum absolute atomic E-state index is 12.6. The summed E-state index contributed by atoms with van der Waals surface area (Å²) in [5, 5.41) is 6.35. The third kappa shape index (κ3) is 2.56. The molecule has 4 rings (SSSR count). The van der Waals surface area contributed by atoms with Gasteiger partial charge in [-0.3, -0.25) is 9.59 Å². The second-order valence-electron chi connectivity index (χ2n) is 5.60. The lowest BCUT2D eigenvalue weighted by molar-refractivity contribution is 0.0914. The van der Waals surface area contributed by atoms with Gasteiger partial charge in [-0.25, -0.2) is 0 Å². The smallest absolute Gasteiger partial charge is 0.254 e. The number of thiophene rings is 1. The quantitative estimate of drug-likeness (QED) is 0.713. The summed E-state index contributed by atoms with van der Waals surface area (Å²) in [6.07, 6.45) is 2.12. The average Bonchev–Trinajstić information content (AvgIpc) is 3.21. The van der Waals surface area contributed by atoms with E-state index in [2.05, 4.69) is 5.32 Å². The molecule has 1 aromatic carbocycles. The molecular weight excluding hydrogens is 344 g/mol. The van der Waals surface area contributed by atoms with E-state index in [4.69, 9.17) is 11.6 Å². The Morgan fingerprint density at radius 1 is 1.21 bits per heavy atom. The Morgan fingerprint density at radius 3 is 2.79 bits per heavy atom. The third-order valence-electron chi connectivity index (χ3n) is 4.11. The molecule has 0 saturated carbocycles. The summed E-state index contributed by atoms with van der Waals surface area (Å²) in [6, 6.07) is 12.1. The second kappa shape index (κ2) is 5.92. The summed E-state index contributed by atoms with van der Waals surface area (Å²) < 4.78 is 1.98. The molecule has 120 valence electrons. The molecule has 0 bridgehead atoms. The van der Waals surface area contributed by atoms with Gasteiger partial charge in [-0.2, -0.15) is 0 Å². The number of hydrogen-bond donors (Lipinski definition) is 1. The van der Waals surface area contributed by atoms with Gasteiger partial charge in [0, 0.05) is 28.9 Å². The van der Waals surface area contributed by atoms with Gasteiger partial charge in [0.05, 0.1) is 11.6 Å². The number of hydrogen-bond acceptors (Lipinski definition) is 3. The predicted molar refractivity (Wildman–Crippen MR) is 94.3 cm³/mol. The van der Waals surface area contributed by atoms with Gasteiger partial charge in [0.2, 0.25) is 0 Å². The predicted octanol–water partition coefficient (Wildman–Crippen LogP) is 4.25. The molecule has 0 fully saturated rings. The number of amides is 1. The highest BCUT2D eigenvalue weighted by molar-refractivity contribution is 7.13. The molecule has 0 spiro atoms. The van der Waals surface area contributed by atoms with Crippen molar-refractivity contribution in [2.24, 2.45) is 0 Å². The first kappa shape index (κ1) is 15.2. The van der Waals surface area contributed by atoms with Crippen LogP contribution in [-0.4, -0.2) is 16.3 Å². The van der Waals surface area contributed by atoms with Crippen molar-refractivity contribution in [3.05, 3.63) is 75.9 Å². The first-order valence-electron chi connectivity index (χ1n) is 7.48. The third-order valence-corrected chi connectivity index (χ3v) is 5.27. The van der Waals surface area contributed by atoms with Gasteiger partial charge < -0.3 is 9.88 Å². The molecular formula is C18H13ClN2O2S. The van der Waals surface area contributed by atoms with E-state index >= 15 is 0 Å². The molecule has 6 heteroatoms. The molecule has 1 aliphatic rings. The van der Waals surface area contributed by atoms with Crippen molar-refractivity contribution >= 4 is 34.6 Å². The van der Waals surface area contributed by atoms with Gasteiger partial charge in [-0.1, -0.05) is 11.6 Å². The average molecular weight is 357 g/mol. The lowest BCUT2D eigenvalue weighted by Crippen LogP contribution is -2.29. The number of benzene rings is 1. The Morgan fingerprint density at radius 2 is 2.00 bits per heavy atom. The minimum atomic E-state index is -0.365. The van der Waals surface area contributed by atoms with E-state index in [-0.39, 0.29) is 24.2 Å². The first-order valence-corrected chi connectivity index (χ1v) is 8.74. The summed E-state index contributed by atoms with van der Waals surface area (Å²) in [5.41, 5.74) is 2.14. The normalized spacial score (nSPS) is 16.0. The van der Waals surface area contributed by atoms with Crippen molar-refractivity contribution in [1.82, 2.24) is 9.88 Å². The monoisotopic (exact) mass is 356 g/mol. The lowest BCUT2D eigenvalue weighted by atomic mass is 10.0. The number of aromatic nitrogens is 1. The molecule has 1 amide bonds. The molecule has 1 unspecified atom stereocenters. The Balaban J connectivity index is 1.67. The van der Waals surface area contributed by atoms with Crippen LogP contribution in [0.25, 0.3) is 5.00 Å². The van der Waals surface area contributed by atoms with Crippen molar-refractivity contribution in [2.45, 2.75) is 12.5 Å². The molecule has 2 aromatic heterocycles. The highest BCUT2D eigenvalue weighted by atomic mass is 35.5. The van der Waals surface area contributed by atoms with Crippen molar-refractivity contribution in [2.75, 3.05) is 0 Å². The van der Waals surface area contributed by atoms with Crippen molar-refractivity contribution in [3.8, 4) is 5.00 Å². The van der Waals surface area contributed by atoms with E-state index in [1.807, 2.05) is 34.3 Å². The molecule has 1 atom stereocenters. The highest BCUT2D eigenvalue weighted by Gasteiger charge is 2.28. The summed E-state index contributed by atoms with van der Waals surface area (Å²) >= 11 is 7.38. The standard InChI is InChI=1S/C18H13ClN2O2S/c19-12-5-3-11(4-6-12)16(22)10-14-15-2-1-8-21(15)18-13(7-9-24-18)17(23)20-14/h1-9,14H,10H2,(H,20,23). The van der Waals surface area contributed by atoms with Crippen LogP contribution in [0.3, 0.4) is 0 Å². The molecule has 24 heavy (non-hydrogen) atoms. The maximum Gasteiger partial charge on any atom is 0.254 e. The van der Waals surface area contributed by atoms with Crippen LogP contribution in [0.4, 0.5) is 0 Å². The Hall–Kier alpha value is -2.37. The van der Waals surface area contributed by atoms with Gasteiger partial charge in [0.15, 0.2) is 5.78 Å². The zero-order valence-corrected chi connectivity index (χ0v) is 14.1. The van der Waals surface area contributed by atoms with E-state index in [9.17, 15) is 9.59 Å². The van der Waals surface area contributed by atoms with Crippen LogP contribution in [0, 0.1) is 0 Å². The minimum absolute atomic E-state index is 0.0324. The van der Waals surface area contributed by atoms with Gasteiger partial charge in [-0.05, 0) is 47.8 Å². The van der Waals surface area contributed by atoms with Crippen LogP contribution < -0.4 is 5.32 Å². The van der Waals surface area contributed by atoms with Crippen LogP contribution in [0.2, 0.25) is 5.02 Å². The van der Waals surface area contributed by atoms with Gasteiger partial charge in [-0.15, -0.1) is 11.3 Å². The summed E-state index contributed by atoms with van der Waals surface area (Å²) in [5.74, 6) is -0.182. The number of nitrogens with one attached hydrogen (secondary N) is 1. The molecule has 4 nitrogen and oxygen atoms in total. The number of rotatable bonds is 3. The molecule has 0 radical (unpaired) electrons. The largest absolute Gasteiger partial charge is 0.343 e. The number of ketones is 1. The Kier molecular flexibility index (Phi) is 3.75. The topological polar surface area (TPSA) is 51.1 Å². The number of fused-ring (bicyclic) bond motifs is 3. The summed E-state index contributed by atoms with van der Waals surface area (Å²) in [4.78, 5) is 25.0. The molecule has 3 heterocycles. The van der Waals surface area contributed by atoms with E-state index < -0.39 is 0 Å². The fourth-order valence-corrected chi connectivity index (χ4v) is 3.95. The van der Waals surface area contributed by atoms with Gasteiger partial charge in [0.25, 0.3) is 5.91 Å². The van der Waals surface area contributed by atoms with E-state index in [1.165, 1.54) is 11.3 Å². The number of carbonyl (C=O) groups is 2. The lowest BCUT2D eigenvalue weighted by Gasteiger charge is -2.16. The maximum atomic E-state index is 12.6. The Bertz CT molecular complexity index is 927. The summed E-state index contributed by atoms with van der Waals surface area (Å²) in [6.45, 7) is 0. The number of Topliss-reactive ketones (excluding diaryl/α,β-unsaturated/α-hetero) is 1. The van der Waals surface area contributed by atoms with E-state index in [0.29, 0.717) is 16.1 Å². The molecule has 1 aliphatic heterocycles. The van der Waals surface area contributed by atoms with Crippen LogP contribution in [0.1, 0.15) is 38.9 Å². The van der Waals surface area contributed by atoms with Crippen molar-refractivity contribution in [3.63, 3.8) is 0 Å². The van der Waals surface area contributed by atoms with Crippen LogP contribution in [-0.2, 0) is 0 Å². The second-order valence-corrected chi connectivity index (χ2v) is 6.93. The zero-order valence-electron chi connectivity index (χ0n) is 12.5. The van der Waals surface area contributed by atoms with Crippen molar-refractivity contribution < 1.29 is 9.59 Å². The first-order chi connectivity index (χ1) is 11.6. The SMILES string of the molecule is O=C(CC1NC(=O)c2ccsc2-n2cccc21)c1ccc(Cl)cc1. The van der Waals surface area contributed by atoms with Gasteiger partial charge in [0.1, 0.15) is 5.00 Å². The van der Waals surface area contributed by atoms with E-state index in [1.54, 1.807) is 24.3 Å². The zero-order chi connectivity index (χ0) is 16.7. The van der Waals surface area contributed by atoms with Gasteiger partial charge >= 0.3 is 0 Å². The molecule has 0 saturated heterocycles. The fourth-order valence-electron chi connectivity index (χ4n) is 2.93. The summed E-state index contributed by atoms with van der Waals surface area (Å²) in [7, 11) is 0. The van der Waals surface area contributed by atoms with Crippen LogP contribution >= 0.6 is 22.9 Å². The molecule has 1 N–H and O–H groups in total. The number of carbonyl (C=O) groups excluding carboxylic acids is 2. The van der Waals surface area contributed by atoms with Crippen molar-refractivity contribution in [1.29, 1.82) is 0 Å². The van der Waals surface area contributed by atoms with E-state index in [0.717, 1.165) is 10.7 Å². The molecule has 0 aliphatic carbocycles. The number of halogens is 1.